The standard InChI is InChI=1S/C13H21NO4/c1-13(2,3)18-12(16)14-9-6-5-8(7-9)10(14)11(15)17-4/h8-10H,5-7H2,1-4H3/t8?,9?,10-/m0/s1. The molecular formula is C13H21NO4. The fraction of sp³-hybridized carbons (Fsp3) is 0.846. The number of carbonyl (C=O) groups excluding carboxylic acids is 2. The van der Waals surface area contributed by atoms with E-state index in [-0.39, 0.29) is 17.9 Å². The number of hydrogen-bond acceptors (Lipinski definition) is 4. The molecule has 0 radical (unpaired) electrons. The second-order valence-electron chi connectivity index (χ2n) is 6.08. The van der Waals surface area contributed by atoms with Crippen molar-refractivity contribution in [2.45, 2.75) is 57.7 Å². The van der Waals surface area contributed by atoms with Crippen LogP contribution in [0.25, 0.3) is 0 Å². The van der Waals surface area contributed by atoms with Gasteiger partial charge in [0, 0.05) is 6.04 Å². The molecule has 1 heterocycles. The van der Waals surface area contributed by atoms with E-state index in [1.807, 2.05) is 20.8 Å². The van der Waals surface area contributed by atoms with E-state index in [1.54, 1.807) is 4.90 Å². The third kappa shape index (κ3) is 2.31. The van der Waals surface area contributed by atoms with Crippen LogP contribution in [0.5, 0.6) is 0 Å². The van der Waals surface area contributed by atoms with Crippen molar-refractivity contribution in [3.05, 3.63) is 0 Å². The maximum absolute atomic E-state index is 12.2. The molecule has 2 rings (SSSR count). The lowest BCUT2D eigenvalue weighted by molar-refractivity contribution is -0.148. The predicted molar refractivity (Wildman–Crippen MR) is 65.0 cm³/mol. The van der Waals surface area contributed by atoms with Gasteiger partial charge in [0.25, 0.3) is 0 Å². The Morgan fingerprint density at radius 1 is 1.22 bits per heavy atom. The van der Waals surface area contributed by atoms with Gasteiger partial charge in [-0.2, -0.15) is 0 Å². The summed E-state index contributed by atoms with van der Waals surface area (Å²) in [5.74, 6) is -0.0944. The number of amides is 1. The summed E-state index contributed by atoms with van der Waals surface area (Å²) in [6.07, 6.45) is 2.44. The topological polar surface area (TPSA) is 55.8 Å². The number of rotatable bonds is 1. The monoisotopic (exact) mass is 255 g/mol. The first-order chi connectivity index (χ1) is 8.33. The van der Waals surface area contributed by atoms with Gasteiger partial charge in [0.2, 0.25) is 0 Å². The summed E-state index contributed by atoms with van der Waals surface area (Å²) < 4.78 is 10.2. The first kappa shape index (κ1) is 13.2. The molecule has 1 amide bonds. The van der Waals surface area contributed by atoms with Crippen molar-refractivity contribution in [3.63, 3.8) is 0 Å². The zero-order valence-corrected chi connectivity index (χ0v) is 11.4. The SMILES string of the molecule is COC(=O)[C@@H]1C2CCC(C2)N1C(=O)OC(C)(C)C. The Labute approximate surface area is 107 Å². The Morgan fingerprint density at radius 2 is 1.89 bits per heavy atom. The largest absolute Gasteiger partial charge is 0.467 e. The Kier molecular flexibility index (Phi) is 3.25. The number of likely N-dealkylation sites (tertiary alicyclic amines) is 1. The number of nitrogens with zero attached hydrogens (tertiary/aromatic N) is 1. The minimum absolute atomic E-state index is 0.133. The van der Waals surface area contributed by atoms with Crippen LogP contribution in [0.2, 0.25) is 0 Å². The molecule has 1 aliphatic heterocycles. The number of fused-ring (bicyclic) bond motifs is 2. The van der Waals surface area contributed by atoms with Crippen molar-refractivity contribution in [2.75, 3.05) is 7.11 Å². The van der Waals surface area contributed by atoms with Crippen LogP contribution in [0.3, 0.4) is 0 Å². The van der Waals surface area contributed by atoms with Crippen LogP contribution in [-0.4, -0.2) is 41.8 Å². The molecule has 2 aliphatic rings. The highest BCUT2D eigenvalue weighted by atomic mass is 16.6. The molecule has 1 saturated carbocycles. The van der Waals surface area contributed by atoms with E-state index in [9.17, 15) is 9.59 Å². The second kappa shape index (κ2) is 4.44. The average Bonchev–Trinajstić information content (AvgIpc) is 2.84. The first-order valence-corrected chi connectivity index (χ1v) is 6.42. The normalized spacial score (nSPS) is 30.4. The molecule has 1 saturated heterocycles. The number of carbonyl (C=O) groups is 2. The average molecular weight is 255 g/mol. The third-order valence-corrected chi connectivity index (χ3v) is 3.63. The molecule has 102 valence electrons. The maximum Gasteiger partial charge on any atom is 0.411 e. The summed E-state index contributed by atoms with van der Waals surface area (Å²) in [7, 11) is 1.36. The van der Waals surface area contributed by atoms with Crippen LogP contribution >= 0.6 is 0 Å². The highest BCUT2D eigenvalue weighted by Gasteiger charge is 2.53. The van der Waals surface area contributed by atoms with Crippen LogP contribution in [0.4, 0.5) is 4.79 Å². The molecule has 2 unspecified atom stereocenters. The second-order valence-corrected chi connectivity index (χ2v) is 6.08. The van der Waals surface area contributed by atoms with E-state index in [4.69, 9.17) is 9.47 Å². The lowest BCUT2D eigenvalue weighted by atomic mass is 9.99. The van der Waals surface area contributed by atoms with E-state index < -0.39 is 17.7 Å². The maximum atomic E-state index is 12.2. The van der Waals surface area contributed by atoms with Gasteiger partial charge in [-0.05, 0) is 46.0 Å². The minimum atomic E-state index is -0.542. The number of methoxy groups -OCH3 is 1. The fourth-order valence-corrected chi connectivity index (χ4v) is 2.99. The molecule has 1 aliphatic carbocycles. The Morgan fingerprint density at radius 3 is 2.44 bits per heavy atom. The molecule has 0 aromatic rings. The summed E-state index contributed by atoms with van der Waals surface area (Å²) in [5, 5.41) is 0. The Hall–Kier alpha value is -1.26. The Balaban J connectivity index is 2.14. The van der Waals surface area contributed by atoms with Gasteiger partial charge in [0.1, 0.15) is 11.6 Å². The molecule has 0 aromatic carbocycles. The van der Waals surface area contributed by atoms with Gasteiger partial charge in [-0.15, -0.1) is 0 Å². The van der Waals surface area contributed by atoms with Crippen molar-refractivity contribution in [1.82, 2.24) is 4.90 Å². The zero-order valence-electron chi connectivity index (χ0n) is 11.4. The minimum Gasteiger partial charge on any atom is -0.467 e. The molecule has 5 nitrogen and oxygen atoms in total. The molecule has 3 atom stereocenters. The fourth-order valence-electron chi connectivity index (χ4n) is 2.99. The molecule has 2 fully saturated rings. The van der Waals surface area contributed by atoms with Crippen molar-refractivity contribution >= 4 is 12.1 Å². The number of ether oxygens (including phenoxy) is 2. The molecule has 0 N–H and O–H groups in total. The lowest BCUT2D eigenvalue weighted by Crippen LogP contribution is -2.51. The van der Waals surface area contributed by atoms with E-state index >= 15 is 0 Å². The smallest absolute Gasteiger partial charge is 0.411 e. The first-order valence-electron chi connectivity index (χ1n) is 6.42. The van der Waals surface area contributed by atoms with Gasteiger partial charge in [0.15, 0.2) is 0 Å². The van der Waals surface area contributed by atoms with Gasteiger partial charge < -0.3 is 9.47 Å². The van der Waals surface area contributed by atoms with Crippen molar-refractivity contribution in [3.8, 4) is 0 Å². The summed E-state index contributed by atoms with van der Waals surface area (Å²) in [4.78, 5) is 25.6. The summed E-state index contributed by atoms with van der Waals surface area (Å²) in [6.45, 7) is 5.48. The molecule has 2 bridgehead atoms. The van der Waals surface area contributed by atoms with Crippen LogP contribution in [0, 0.1) is 5.92 Å². The van der Waals surface area contributed by atoms with Gasteiger partial charge in [-0.25, -0.2) is 9.59 Å². The van der Waals surface area contributed by atoms with Crippen molar-refractivity contribution in [1.29, 1.82) is 0 Å². The van der Waals surface area contributed by atoms with Crippen LogP contribution in [0.15, 0.2) is 0 Å². The zero-order chi connectivity index (χ0) is 13.5. The molecule has 18 heavy (non-hydrogen) atoms. The highest BCUT2D eigenvalue weighted by Crippen LogP contribution is 2.43. The molecular weight excluding hydrogens is 234 g/mol. The number of esters is 1. The quantitative estimate of drug-likeness (QED) is 0.672. The summed E-state index contributed by atoms with van der Waals surface area (Å²) in [6, 6.07) is -0.322. The molecule has 5 heteroatoms. The van der Waals surface area contributed by atoms with Crippen LogP contribution in [-0.2, 0) is 14.3 Å². The van der Waals surface area contributed by atoms with Gasteiger partial charge >= 0.3 is 12.1 Å². The van der Waals surface area contributed by atoms with Gasteiger partial charge in [0.05, 0.1) is 7.11 Å². The number of hydrogen-bond donors (Lipinski definition) is 0. The van der Waals surface area contributed by atoms with E-state index in [0.29, 0.717) is 0 Å². The van der Waals surface area contributed by atoms with Crippen molar-refractivity contribution < 1.29 is 19.1 Å². The van der Waals surface area contributed by atoms with Crippen molar-refractivity contribution in [2.24, 2.45) is 5.92 Å². The third-order valence-electron chi connectivity index (χ3n) is 3.63. The van der Waals surface area contributed by atoms with Crippen LogP contribution < -0.4 is 0 Å². The molecule has 0 aromatic heterocycles. The summed E-state index contributed by atoms with van der Waals surface area (Å²) >= 11 is 0. The van der Waals surface area contributed by atoms with E-state index in [2.05, 4.69) is 0 Å². The predicted octanol–water partition coefficient (Wildman–Crippen LogP) is 1.95. The Bertz CT molecular complexity index is 360. The number of piperidine rings is 1. The van der Waals surface area contributed by atoms with E-state index in [1.165, 1.54) is 7.11 Å². The van der Waals surface area contributed by atoms with E-state index in [0.717, 1.165) is 19.3 Å². The summed E-state index contributed by atoms with van der Waals surface area (Å²) in [5.41, 5.74) is -0.542. The molecule has 0 spiro atoms. The van der Waals surface area contributed by atoms with Crippen LogP contribution in [0.1, 0.15) is 40.0 Å². The van der Waals surface area contributed by atoms with Gasteiger partial charge in [-0.1, -0.05) is 0 Å². The van der Waals surface area contributed by atoms with Gasteiger partial charge in [-0.3, -0.25) is 4.90 Å². The highest BCUT2D eigenvalue weighted by molar-refractivity contribution is 5.83. The lowest BCUT2D eigenvalue weighted by Gasteiger charge is -2.34.